The van der Waals surface area contributed by atoms with Crippen LogP contribution in [0, 0.1) is 0 Å². The quantitative estimate of drug-likeness (QED) is 0.812. The molecule has 0 spiro atoms. The molecule has 10 heteroatoms. The number of aromatic nitrogens is 7. The number of nitrogens with two attached hydrogens (primary N) is 1. The van der Waals surface area contributed by atoms with Gasteiger partial charge in [0.2, 0.25) is 17.1 Å². The lowest BCUT2D eigenvalue weighted by molar-refractivity contribution is 0.422. The normalized spacial score (nSPS) is 16.7. The van der Waals surface area contributed by atoms with E-state index in [2.05, 4.69) is 30.5 Å². The highest BCUT2D eigenvalue weighted by Gasteiger charge is 2.24. The summed E-state index contributed by atoms with van der Waals surface area (Å²) in [6, 6.07) is 0.403. The maximum atomic E-state index is 5.79. The Morgan fingerprint density at radius 1 is 1.22 bits per heavy atom. The Bertz CT molecular complexity index is 665. The highest BCUT2D eigenvalue weighted by Crippen LogP contribution is 2.36. The van der Waals surface area contributed by atoms with Gasteiger partial charge in [0.1, 0.15) is 5.82 Å². The van der Waals surface area contributed by atoms with Crippen LogP contribution in [-0.2, 0) is 0 Å². The van der Waals surface area contributed by atoms with Crippen LogP contribution < -0.4 is 10.6 Å². The second-order valence-electron chi connectivity index (χ2n) is 5.85. The number of tetrazole rings is 1. The zero-order valence-electron chi connectivity index (χ0n) is 13.5. The van der Waals surface area contributed by atoms with Crippen LogP contribution in [-0.4, -0.2) is 49.3 Å². The fourth-order valence-corrected chi connectivity index (χ4v) is 3.54. The predicted octanol–water partition coefficient (Wildman–Crippen LogP) is 1.47. The van der Waals surface area contributed by atoms with Gasteiger partial charge < -0.3 is 10.6 Å². The van der Waals surface area contributed by atoms with Crippen molar-refractivity contribution in [3.05, 3.63) is 5.82 Å². The number of nitrogens with zero attached hydrogens (tertiary/aromatic N) is 8. The Hall–Kier alpha value is -1.97. The third-order valence-electron chi connectivity index (χ3n) is 3.84. The molecule has 0 aromatic carbocycles. The highest BCUT2D eigenvalue weighted by molar-refractivity contribution is 7.99. The van der Waals surface area contributed by atoms with E-state index in [1.165, 1.54) is 12.8 Å². The number of anilines is 2. The first kappa shape index (κ1) is 15.9. The monoisotopic (exact) mass is 335 g/mol. The molecule has 2 aromatic heterocycles. The minimum Gasteiger partial charge on any atom is -0.368 e. The van der Waals surface area contributed by atoms with Crippen LogP contribution in [0.5, 0.6) is 0 Å². The van der Waals surface area contributed by atoms with E-state index in [1.807, 2.05) is 30.6 Å². The summed E-state index contributed by atoms with van der Waals surface area (Å²) in [4.78, 5) is 14.6. The van der Waals surface area contributed by atoms with Crippen LogP contribution in [0.1, 0.15) is 49.7 Å². The summed E-state index contributed by atoms with van der Waals surface area (Å²) in [5.74, 6) is 1.41. The largest absolute Gasteiger partial charge is 0.368 e. The topological polar surface area (TPSA) is 112 Å². The third kappa shape index (κ3) is 3.52. The standard InChI is InChI=1S/C13H21N9S/c1-8(10-15-11(14)17-12(16-10)21(2)3)23-13-18-19-20-22(13)9-6-4-5-7-9/h8-9H,4-7H2,1-3H3,(H2,14,15,16,17). The molecule has 1 saturated carbocycles. The third-order valence-corrected chi connectivity index (χ3v) is 4.88. The number of hydrogen-bond acceptors (Lipinski definition) is 9. The molecule has 1 unspecified atom stereocenters. The Kier molecular flexibility index (Phi) is 4.60. The molecule has 9 nitrogen and oxygen atoms in total. The van der Waals surface area contributed by atoms with Gasteiger partial charge >= 0.3 is 0 Å². The lowest BCUT2D eigenvalue weighted by Gasteiger charge is -2.15. The van der Waals surface area contributed by atoms with Crippen molar-refractivity contribution in [2.75, 3.05) is 24.7 Å². The molecule has 1 aliphatic carbocycles. The maximum absolute atomic E-state index is 5.79. The lowest BCUT2D eigenvalue weighted by Crippen LogP contribution is -2.16. The molecule has 0 saturated heterocycles. The first-order valence-electron chi connectivity index (χ1n) is 7.68. The summed E-state index contributed by atoms with van der Waals surface area (Å²) in [6.07, 6.45) is 4.74. The van der Waals surface area contributed by atoms with Gasteiger partial charge in [-0.15, -0.1) is 5.10 Å². The highest BCUT2D eigenvalue weighted by atomic mass is 32.2. The molecule has 1 atom stereocenters. The molecule has 3 rings (SSSR count). The Balaban J connectivity index is 1.79. The van der Waals surface area contributed by atoms with Crippen LogP contribution in [0.2, 0.25) is 0 Å². The molecule has 23 heavy (non-hydrogen) atoms. The molecule has 2 aromatic rings. The average Bonchev–Trinajstić information content (AvgIpc) is 3.17. The van der Waals surface area contributed by atoms with Crippen LogP contribution >= 0.6 is 11.8 Å². The van der Waals surface area contributed by atoms with E-state index in [-0.39, 0.29) is 11.2 Å². The molecular formula is C13H21N9S. The van der Waals surface area contributed by atoms with Crippen molar-refractivity contribution in [1.29, 1.82) is 0 Å². The van der Waals surface area contributed by atoms with Crippen molar-refractivity contribution < 1.29 is 0 Å². The fourth-order valence-electron chi connectivity index (χ4n) is 2.63. The fraction of sp³-hybridized carbons (Fsp3) is 0.692. The molecule has 1 aliphatic rings. The van der Waals surface area contributed by atoms with Crippen molar-refractivity contribution >= 4 is 23.7 Å². The maximum Gasteiger partial charge on any atom is 0.229 e. The second-order valence-corrected chi connectivity index (χ2v) is 7.16. The SMILES string of the molecule is CC(Sc1nnnn1C1CCCC1)c1nc(N)nc(N(C)C)n1. The van der Waals surface area contributed by atoms with E-state index in [4.69, 9.17) is 5.73 Å². The van der Waals surface area contributed by atoms with Gasteiger partial charge in [0.05, 0.1) is 11.3 Å². The average molecular weight is 335 g/mol. The Labute approximate surface area is 139 Å². The first-order chi connectivity index (χ1) is 11.0. The number of hydrogen-bond donors (Lipinski definition) is 1. The molecule has 0 radical (unpaired) electrons. The van der Waals surface area contributed by atoms with Crippen molar-refractivity contribution in [1.82, 2.24) is 35.2 Å². The van der Waals surface area contributed by atoms with Crippen LogP contribution in [0.3, 0.4) is 0 Å². The van der Waals surface area contributed by atoms with Crippen molar-refractivity contribution in [2.24, 2.45) is 0 Å². The van der Waals surface area contributed by atoms with Crippen molar-refractivity contribution in [2.45, 2.75) is 49.1 Å². The lowest BCUT2D eigenvalue weighted by atomic mass is 10.3. The van der Waals surface area contributed by atoms with Gasteiger partial charge in [-0.1, -0.05) is 24.6 Å². The molecule has 1 fully saturated rings. The van der Waals surface area contributed by atoms with E-state index < -0.39 is 0 Å². The Morgan fingerprint density at radius 2 is 1.96 bits per heavy atom. The first-order valence-corrected chi connectivity index (χ1v) is 8.56. The zero-order chi connectivity index (χ0) is 16.4. The predicted molar refractivity (Wildman–Crippen MR) is 88.2 cm³/mol. The van der Waals surface area contributed by atoms with E-state index >= 15 is 0 Å². The van der Waals surface area contributed by atoms with E-state index in [1.54, 1.807) is 11.8 Å². The molecular weight excluding hydrogens is 314 g/mol. The van der Waals surface area contributed by atoms with Gasteiger partial charge in [-0.25, -0.2) is 4.68 Å². The van der Waals surface area contributed by atoms with Crippen LogP contribution in [0.25, 0.3) is 0 Å². The van der Waals surface area contributed by atoms with Crippen LogP contribution in [0.15, 0.2) is 5.16 Å². The van der Waals surface area contributed by atoms with Crippen molar-refractivity contribution in [3.63, 3.8) is 0 Å². The van der Waals surface area contributed by atoms with Gasteiger partial charge in [0.25, 0.3) is 0 Å². The van der Waals surface area contributed by atoms with Gasteiger partial charge in [-0.2, -0.15) is 15.0 Å². The molecule has 0 bridgehead atoms. The summed E-state index contributed by atoms with van der Waals surface area (Å²) in [5, 5.41) is 12.9. The molecule has 2 heterocycles. The van der Waals surface area contributed by atoms with Gasteiger partial charge in [-0.05, 0) is 30.2 Å². The minimum atomic E-state index is -0.0230. The molecule has 124 valence electrons. The zero-order valence-corrected chi connectivity index (χ0v) is 14.4. The van der Waals surface area contributed by atoms with E-state index in [9.17, 15) is 0 Å². The van der Waals surface area contributed by atoms with Crippen molar-refractivity contribution in [3.8, 4) is 0 Å². The number of thioether (sulfide) groups is 1. The summed E-state index contributed by atoms with van der Waals surface area (Å²) < 4.78 is 1.94. The molecule has 2 N–H and O–H groups in total. The smallest absolute Gasteiger partial charge is 0.229 e. The summed E-state index contributed by atoms with van der Waals surface area (Å²) in [7, 11) is 3.74. The number of rotatable bonds is 5. The van der Waals surface area contributed by atoms with E-state index in [0.29, 0.717) is 17.8 Å². The van der Waals surface area contributed by atoms with Crippen LogP contribution in [0.4, 0.5) is 11.9 Å². The van der Waals surface area contributed by atoms with Gasteiger partial charge in [0.15, 0.2) is 0 Å². The second kappa shape index (κ2) is 6.65. The summed E-state index contributed by atoms with van der Waals surface area (Å²) in [6.45, 7) is 2.02. The van der Waals surface area contributed by atoms with Gasteiger partial charge in [-0.3, -0.25) is 0 Å². The summed E-state index contributed by atoms with van der Waals surface area (Å²) in [5.41, 5.74) is 5.79. The van der Waals surface area contributed by atoms with E-state index in [0.717, 1.165) is 18.0 Å². The molecule has 0 aliphatic heterocycles. The molecule has 0 amide bonds. The Morgan fingerprint density at radius 3 is 2.65 bits per heavy atom. The number of nitrogen functional groups attached to an aromatic ring is 1. The summed E-state index contributed by atoms with van der Waals surface area (Å²) >= 11 is 1.55. The van der Waals surface area contributed by atoms with Gasteiger partial charge in [0, 0.05) is 14.1 Å². The minimum absolute atomic E-state index is 0.0230.